The molecule has 1 aliphatic rings. The van der Waals surface area contributed by atoms with E-state index in [1.165, 1.54) is 11.8 Å². The van der Waals surface area contributed by atoms with Gasteiger partial charge in [-0.15, -0.1) is 0 Å². The third-order valence-corrected chi connectivity index (χ3v) is 5.16. The standard InChI is InChI=1S/C23H26N2O3S/c1-17(2)28-20-12-10-18(11-13-20)16-21-22(26)25(14-7-15-27-3)23(29-21)24-19-8-5-4-6-9-19/h4-6,8-13,16-17H,7,14-15H2,1-3H3/b21-16-,24-23?. The number of benzene rings is 2. The third-order valence-electron chi connectivity index (χ3n) is 4.15. The van der Waals surface area contributed by atoms with Crippen molar-refractivity contribution in [2.75, 3.05) is 20.3 Å². The lowest BCUT2D eigenvalue weighted by Crippen LogP contribution is -2.30. The van der Waals surface area contributed by atoms with Crippen LogP contribution in [0, 0.1) is 0 Å². The normalized spacial score (nSPS) is 17.0. The Balaban J connectivity index is 1.83. The number of aliphatic imine (C=N–C) groups is 1. The van der Waals surface area contributed by atoms with Crippen LogP contribution in [0.3, 0.4) is 0 Å². The average Bonchev–Trinajstić information content (AvgIpc) is 2.99. The van der Waals surface area contributed by atoms with E-state index >= 15 is 0 Å². The van der Waals surface area contributed by atoms with E-state index in [1.807, 2.05) is 74.5 Å². The van der Waals surface area contributed by atoms with Crippen LogP contribution in [0.5, 0.6) is 5.75 Å². The molecule has 5 nitrogen and oxygen atoms in total. The van der Waals surface area contributed by atoms with Gasteiger partial charge < -0.3 is 9.47 Å². The molecule has 1 heterocycles. The van der Waals surface area contributed by atoms with Crippen LogP contribution in [0.25, 0.3) is 6.08 Å². The maximum atomic E-state index is 13.0. The van der Waals surface area contributed by atoms with Gasteiger partial charge in [-0.1, -0.05) is 30.3 Å². The molecule has 0 aromatic heterocycles. The molecule has 1 fully saturated rings. The molecule has 1 aliphatic heterocycles. The van der Waals surface area contributed by atoms with Gasteiger partial charge in [-0.2, -0.15) is 0 Å². The number of ether oxygens (including phenoxy) is 2. The van der Waals surface area contributed by atoms with E-state index < -0.39 is 0 Å². The summed E-state index contributed by atoms with van der Waals surface area (Å²) in [5.74, 6) is 0.795. The van der Waals surface area contributed by atoms with Crippen LogP contribution >= 0.6 is 11.8 Å². The topological polar surface area (TPSA) is 51.1 Å². The second-order valence-corrected chi connectivity index (χ2v) is 7.89. The molecule has 0 radical (unpaired) electrons. The van der Waals surface area contributed by atoms with Gasteiger partial charge in [0.1, 0.15) is 5.75 Å². The van der Waals surface area contributed by atoms with E-state index in [2.05, 4.69) is 0 Å². The largest absolute Gasteiger partial charge is 0.491 e. The number of amidine groups is 1. The molecule has 3 rings (SSSR count). The number of methoxy groups -OCH3 is 1. The maximum Gasteiger partial charge on any atom is 0.266 e. The predicted molar refractivity (Wildman–Crippen MR) is 120 cm³/mol. The van der Waals surface area contributed by atoms with Gasteiger partial charge in [0.15, 0.2) is 5.17 Å². The number of rotatable bonds is 8. The van der Waals surface area contributed by atoms with Crippen molar-refractivity contribution in [3.63, 3.8) is 0 Å². The molecule has 1 saturated heterocycles. The molecule has 152 valence electrons. The smallest absolute Gasteiger partial charge is 0.266 e. The Morgan fingerprint density at radius 2 is 1.83 bits per heavy atom. The minimum atomic E-state index is -0.0247. The van der Waals surface area contributed by atoms with Crippen LogP contribution in [0.4, 0.5) is 5.69 Å². The Hall–Kier alpha value is -2.57. The van der Waals surface area contributed by atoms with Gasteiger partial charge in [-0.25, -0.2) is 4.99 Å². The molecule has 0 atom stereocenters. The summed E-state index contributed by atoms with van der Waals surface area (Å²) >= 11 is 1.40. The Labute approximate surface area is 176 Å². The Bertz CT molecular complexity index is 877. The van der Waals surface area contributed by atoms with Gasteiger partial charge in [0.2, 0.25) is 0 Å². The predicted octanol–water partition coefficient (Wildman–Crippen LogP) is 5.11. The first-order valence-electron chi connectivity index (χ1n) is 9.67. The van der Waals surface area contributed by atoms with Crippen LogP contribution in [-0.4, -0.2) is 42.3 Å². The fourth-order valence-corrected chi connectivity index (χ4v) is 3.86. The van der Waals surface area contributed by atoms with Gasteiger partial charge in [-0.05, 0) is 67.9 Å². The highest BCUT2D eigenvalue weighted by Crippen LogP contribution is 2.34. The number of hydrogen-bond acceptors (Lipinski definition) is 5. The monoisotopic (exact) mass is 410 g/mol. The van der Waals surface area contributed by atoms with Crippen molar-refractivity contribution < 1.29 is 14.3 Å². The number of amides is 1. The fraction of sp³-hybridized carbons (Fsp3) is 0.304. The fourth-order valence-electron chi connectivity index (χ4n) is 2.83. The van der Waals surface area contributed by atoms with E-state index in [1.54, 1.807) is 12.0 Å². The summed E-state index contributed by atoms with van der Waals surface area (Å²) in [6.45, 7) is 5.16. The van der Waals surface area contributed by atoms with Crippen LogP contribution in [-0.2, 0) is 9.53 Å². The second kappa shape index (κ2) is 10.3. The Kier molecular flexibility index (Phi) is 7.49. The second-order valence-electron chi connectivity index (χ2n) is 6.88. The summed E-state index contributed by atoms with van der Waals surface area (Å²) in [6.07, 6.45) is 2.79. The summed E-state index contributed by atoms with van der Waals surface area (Å²) in [6, 6.07) is 17.4. The molecule has 0 saturated carbocycles. The van der Waals surface area contributed by atoms with Crippen LogP contribution in [0.1, 0.15) is 25.8 Å². The summed E-state index contributed by atoms with van der Waals surface area (Å²) in [4.78, 5) is 20.1. The first-order chi connectivity index (χ1) is 14.1. The van der Waals surface area contributed by atoms with Gasteiger partial charge in [0.05, 0.1) is 16.7 Å². The number of nitrogens with zero attached hydrogens (tertiary/aromatic N) is 2. The van der Waals surface area contributed by atoms with E-state index in [0.717, 1.165) is 23.4 Å². The van der Waals surface area contributed by atoms with Gasteiger partial charge >= 0.3 is 0 Å². The quantitative estimate of drug-likeness (QED) is 0.448. The number of hydrogen-bond donors (Lipinski definition) is 0. The molecule has 0 aliphatic carbocycles. The number of carbonyl (C=O) groups excluding carboxylic acids is 1. The minimum absolute atomic E-state index is 0.0247. The summed E-state index contributed by atoms with van der Waals surface area (Å²) < 4.78 is 10.8. The first kappa shape index (κ1) is 21.1. The van der Waals surface area contributed by atoms with E-state index in [4.69, 9.17) is 14.5 Å². The lowest BCUT2D eigenvalue weighted by molar-refractivity contribution is -0.122. The van der Waals surface area contributed by atoms with Gasteiger partial charge in [0, 0.05) is 20.3 Å². The van der Waals surface area contributed by atoms with Gasteiger partial charge in [0.25, 0.3) is 5.91 Å². The van der Waals surface area contributed by atoms with E-state index in [-0.39, 0.29) is 12.0 Å². The lowest BCUT2D eigenvalue weighted by Gasteiger charge is -2.15. The molecule has 2 aromatic rings. The number of para-hydroxylation sites is 1. The Morgan fingerprint density at radius 1 is 1.10 bits per heavy atom. The Morgan fingerprint density at radius 3 is 2.48 bits per heavy atom. The SMILES string of the molecule is COCCCN1C(=O)/C(=C/c2ccc(OC(C)C)cc2)SC1=Nc1ccccc1. The molecule has 2 aromatic carbocycles. The molecule has 1 amide bonds. The summed E-state index contributed by atoms with van der Waals surface area (Å²) in [5.41, 5.74) is 1.78. The number of thioether (sulfide) groups is 1. The van der Waals surface area contributed by atoms with Crippen LogP contribution in [0.15, 0.2) is 64.5 Å². The van der Waals surface area contributed by atoms with Crippen molar-refractivity contribution in [1.29, 1.82) is 0 Å². The van der Waals surface area contributed by atoms with Crippen molar-refractivity contribution in [2.24, 2.45) is 4.99 Å². The number of carbonyl (C=O) groups is 1. The molecule has 29 heavy (non-hydrogen) atoms. The molecule has 0 spiro atoms. The van der Waals surface area contributed by atoms with Crippen LogP contribution < -0.4 is 4.74 Å². The van der Waals surface area contributed by atoms with Crippen molar-refractivity contribution in [3.8, 4) is 5.75 Å². The molecule has 0 N–H and O–H groups in total. The molecule has 6 heteroatoms. The van der Waals surface area contributed by atoms with E-state index in [0.29, 0.717) is 23.2 Å². The highest BCUT2D eigenvalue weighted by Gasteiger charge is 2.33. The third kappa shape index (κ3) is 5.95. The zero-order valence-corrected chi connectivity index (χ0v) is 17.8. The van der Waals surface area contributed by atoms with Crippen molar-refractivity contribution in [1.82, 2.24) is 4.90 Å². The van der Waals surface area contributed by atoms with Gasteiger partial charge in [-0.3, -0.25) is 9.69 Å². The van der Waals surface area contributed by atoms with Crippen molar-refractivity contribution in [2.45, 2.75) is 26.4 Å². The van der Waals surface area contributed by atoms with E-state index in [9.17, 15) is 4.79 Å². The molecule has 0 unspecified atom stereocenters. The minimum Gasteiger partial charge on any atom is -0.491 e. The van der Waals surface area contributed by atoms with Crippen molar-refractivity contribution in [3.05, 3.63) is 65.1 Å². The highest BCUT2D eigenvalue weighted by atomic mass is 32.2. The zero-order valence-electron chi connectivity index (χ0n) is 17.0. The maximum absolute atomic E-state index is 13.0. The molecular formula is C23H26N2O3S. The van der Waals surface area contributed by atoms with Crippen molar-refractivity contribution >= 4 is 34.6 Å². The first-order valence-corrected chi connectivity index (χ1v) is 10.5. The molecule has 0 bridgehead atoms. The summed E-state index contributed by atoms with van der Waals surface area (Å²) in [7, 11) is 1.66. The summed E-state index contributed by atoms with van der Waals surface area (Å²) in [5, 5.41) is 0.698. The van der Waals surface area contributed by atoms with Crippen LogP contribution in [0.2, 0.25) is 0 Å². The zero-order chi connectivity index (χ0) is 20.6. The lowest BCUT2D eigenvalue weighted by atomic mass is 10.2. The average molecular weight is 411 g/mol. The molecular weight excluding hydrogens is 384 g/mol. The highest BCUT2D eigenvalue weighted by molar-refractivity contribution is 8.18.